The van der Waals surface area contributed by atoms with E-state index in [9.17, 15) is 9.90 Å². The minimum Gasteiger partial charge on any atom is -0.469 e. The fourth-order valence-corrected chi connectivity index (χ4v) is 1.71. The Balaban J connectivity index is 2.30. The minimum atomic E-state index is -0.827. The van der Waals surface area contributed by atoms with Crippen LogP contribution in [0.4, 0.5) is 0 Å². The average molecular weight is 202 g/mol. The van der Waals surface area contributed by atoms with Gasteiger partial charge in [0.2, 0.25) is 0 Å². The van der Waals surface area contributed by atoms with Gasteiger partial charge in [-0.3, -0.25) is 9.69 Å². The number of carbonyl (C=O) groups is 1. The summed E-state index contributed by atoms with van der Waals surface area (Å²) < 4.78 is 4.62. The van der Waals surface area contributed by atoms with Crippen LogP contribution in [0.1, 0.15) is 6.42 Å². The number of carbonyl (C=O) groups excluding carboxylic acids is 1. The van der Waals surface area contributed by atoms with Crippen LogP contribution < -0.4 is 0 Å². The summed E-state index contributed by atoms with van der Waals surface area (Å²) in [6, 6.07) is 0. The monoisotopic (exact) mass is 202 g/mol. The number of hydrogen-bond donors (Lipinski definition) is 1. The summed E-state index contributed by atoms with van der Waals surface area (Å²) in [5, 5.41) is 19.5. The van der Waals surface area contributed by atoms with E-state index < -0.39 is 12.7 Å². The number of rotatable bonds is 4. The summed E-state index contributed by atoms with van der Waals surface area (Å²) in [7, 11) is 1.37. The molecule has 1 saturated heterocycles. The molecule has 1 N–H and O–H groups in total. The Hall–Kier alpha value is -0.650. The van der Waals surface area contributed by atoms with Crippen molar-refractivity contribution >= 4 is 5.97 Å². The lowest BCUT2D eigenvalue weighted by Crippen LogP contribution is -2.33. The van der Waals surface area contributed by atoms with E-state index in [0.717, 1.165) is 13.0 Å². The number of nitrogens with zero attached hydrogens (tertiary/aromatic N) is 1. The topological polar surface area (TPSA) is 69.7 Å². The fraction of sp³-hybridized carbons (Fsp3) is 0.889. The maximum atomic E-state index is 11.1. The van der Waals surface area contributed by atoms with E-state index in [-0.39, 0.29) is 11.9 Å². The van der Waals surface area contributed by atoms with Gasteiger partial charge in [-0.05, 0) is 13.0 Å². The fourth-order valence-electron chi connectivity index (χ4n) is 1.71. The highest BCUT2D eigenvalue weighted by molar-refractivity contribution is 5.72. The van der Waals surface area contributed by atoms with Gasteiger partial charge < -0.3 is 9.84 Å². The van der Waals surface area contributed by atoms with Gasteiger partial charge in [0.1, 0.15) is 6.61 Å². The summed E-state index contributed by atoms with van der Waals surface area (Å²) in [4.78, 5) is 13.1. The quantitative estimate of drug-likeness (QED) is 0.610. The van der Waals surface area contributed by atoms with Crippen molar-refractivity contribution in [3.8, 4) is 0 Å². The second-order valence-electron chi connectivity index (χ2n) is 3.59. The number of aliphatic hydroxyl groups excluding tert-OH is 1. The van der Waals surface area contributed by atoms with Crippen LogP contribution >= 0.6 is 0 Å². The second kappa shape index (κ2) is 5.29. The molecule has 5 heteroatoms. The number of β-amino-alcohol motifs (C(OH)–C–C–N with tert-alkyl or cyclic N) is 1. The van der Waals surface area contributed by atoms with E-state index >= 15 is 0 Å². The number of ether oxygens (including phenoxy) is 1. The van der Waals surface area contributed by atoms with Gasteiger partial charge in [-0.25, -0.2) is 5.11 Å². The third-order valence-corrected chi connectivity index (χ3v) is 2.47. The van der Waals surface area contributed by atoms with Gasteiger partial charge in [0.05, 0.1) is 19.1 Å². The Bertz CT molecular complexity index is 197. The molecule has 1 radical (unpaired) electrons. The van der Waals surface area contributed by atoms with E-state index in [1.807, 2.05) is 4.90 Å². The van der Waals surface area contributed by atoms with Crippen LogP contribution in [0.2, 0.25) is 0 Å². The Kier molecular flexibility index (Phi) is 4.31. The van der Waals surface area contributed by atoms with E-state index in [0.29, 0.717) is 13.1 Å². The van der Waals surface area contributed by atoms with Crippen molar-refractivity contribution in [1.82, 2.24) is 4.90 Å². The highest BCUT2D eigenvalue weighted by Gasteiger charge is 2.29. The summed E-state index contributed by atoms with van der Waals surface area (Å²) in [6.07, 6.45) is -0.0791. The molecule has 0 bridgehead atoms. The summed E-state index contributed by atoms with van der Waals surface area (Å²) in [5.74, 6) is -0.303. The summed E-state index contributed by atoms with van der Waals surface area (Å²) in [5.41, 5.74) is 0. The molecule has 2 unspecified atom stereocenters. The van der Waals surface area contributed by atoms with Gasteiger partial charge in [0, 0.05) is 13.1 Å². The molecule has 1 aliphatic rings. The van der Waals surface area contributed by atoms with E-state index in [2.05, 4.69) is 4.74 Å². The zero-order chi connectivity index (χ0) is 10.6. The minimum absolute atomic E-state index is 0.0983. The third kappa shape index (κ3) is 2.94. The van der Waals surface area contributed by atoms with Crippen LogP contribution in [-0.2, 0) is 14.6 Å². The molecule has 1 fully saturated rings. The van der Waals surface area contributed by atoms with Gasteiger partial charge in [-0.1, -0.05) is 0 Å². The molecule has 0 amide bonds. The molecular weight excluding hydrogens is 186 g/mol. The highest BCUT2D eigenvalue weighted by atomic mass is 16.5. The molecule has 0 aromatic rings. The number of likely N-dealkylation sites (tertiary alicyclic amines) is 1. The molecule has 1 aliphatic heterocycles. The lowest BCUT2D eigenvalue weighted by Gasteiger charge is -2.17. The molecule has 0 saturated carbocycles. The van der Waals surface area contributed by atoms with Gasteiger partial charge in [0.25, 0.3) is 0 Å². The molecule has 0 aromatic carbocycles. The molecule has 0 aliphatic carbocycles. The van der Waals surface area contributed by atoms with Crippen molar-refractivity contribution in [1.29, 1.82) is 0 Å². The predicted octanol–water partition coefficient (Wildman–Crippen LogP) is -0.727. The molecule has 14 heavy (non-hydrogen) atoms. The molecule has 2 atom stereocenters. The van der Waals surface area contributed by atoms with Crippen molar-refractivity contribution in [2.45, 2.75) is 12.5 Å². The number of hydrogen-bond acceptors (Lipinski definition) is 4. The normalized spacial score (nSPS) is 24.9. The molecule has 1 rings (SSSR count). The first-order valence-electron chi connectivity index (χ1n) is 4.73. The molecule has 0 aromatic heterocycles. The summed E-state index contributed by atoms with van der Waals surface area (Å²) in [6.45, 7) is 1.21. The first kappa shape index (κ1) is 11.4. The first-order chi connectivity index (χ1) is 6.67. The third-order valence-electron chi connectivity index (χ3n) is 2.47. The Morgan fingerprint density at radius 2 is 2.43 bits per heavy atom. The predicted molar refractivity (Wildman–Crippen MR) is 48.1 cm³/mol. The van der Waals surface area contributed by atoms with Gasteiger partial charge in [-0.15, -0.1) is 0 Å². The van der Waals surface area contributed by atoms with Crippen molar-refractivity contribution in [2.24, 2.45) is 5.92 Å². The number of methoxy groups -OCH3 is 1. The molecule has 5 nitrogen and oxygen atoms in total. The summed E-state index contributed by atoms with van der Waals surface area (Å²) >= 11 is 0. The van der Waals surface area contributed by atoms with Crippen molar-refractivity contribution in [3.63, 3.8) is 0 Å². The highest BCUT2D eigenvalue weighted by Crippen LogP contribution is 2.17. The van der Waals surface area contributed by atoms with Crippen molar-refractivity contribution < 1.29 is 19.7 Å². The Morgan fingerprint density at radius 1 is 1.71 bits per heavy atom. The van der Waals surface area contributed by atoms with Crippen LogP contribution in [0.25, 0.3) is 0 Å². The van der Waals surface area contributed by atoms with Gasteiger partial charge >= 0.3 is 5.97 Å². The van der Waals surface area contributed by atoms with Crippen LogP contribution in [0.5, 0.6) is 0 Å². The number of esters is 1. The van der Waals surface area contributed by atoms with Gasteiger partial charge in [-0.2, -0.15) is 0 Å². The largest absolute Gasteiger partial charge is 0.469 e. The van der Waals surface area contributed by atoms with Crippen molar-refractivity contribution in [3.05, 3.63) is 0 Å². The zero-order valence-corrected chi connectivity index (χ0v) is 8.31. The SMILES string of the molecule is COC(=O)C1CCN(CC(O)C[O])C1. The zero-order valence-electron chi connectivity index (χ0n) is 8.31. The van der Waals surface area contributed by atoms with Crippen LogP contribution in [0.3, 0.4) is 0 Å². The van der Waals surface area contributed by atoms with Crippen LogP contribution in [0.15, 0.2) is 0 Å². The lowest BCUT2D eigenvalue weighted by atomic mass is 10.1. The first-order valence-corrected chi connectivity index (χ1v) is 4.73. The van der Waals surface area contributed by atoms with Crippen LogP contribution in [0, 0.1) is 5.92 Å². The van der Waals surface area contributed by atoms with Crippen molar-refractivity contribution in [2.75, 3.05) is 33.4 Å². The Morgan fingerprint density at radius 3 is 3.00 bits per heavy atom. The van der Waals surface area contributed by atoms with E-state index in [1.54, 1.807) is 0 Å². The average Bonchev–Trinajstić information content (AvgIpc) is 2.65. The second-order valence-corrected chi connectivity index (χ2v) is 3.59. The number of aliphatic hydroxyl groups is 1. The molecular formula is C9H16NO4. The standard InChI is InChI=1S/C9H16NO4/c1-14-9(13)7-2-3-10(4-7)5-8(12)6-11/h7-8,12H,2-6H2,1H3. The maximum absolute atomic E-state index is 11.1. The van der Waals surface area contributed by atoms with E-state index in [1.165, 1.54) is 7.11 Å². The molecule has 81 valence electrons. The van der Waals surface area contributed by atoms with E-state index in [4.69, 9.17) is 5.11 Å². The smallest absolute Gasteiger partial charge is 0.310 e. The lowest BCUT2D eigenvalue weighted by molar-refractivity contribution is -0.145. The molecule has 1 heterocycles. The maximum Gasteiger partial charge on any atom is 0.310 e. The van der Waals surface area contributed by atoms with Gasteiger partial charge in [0.15, 0.2) is 0 Å². The molecule has 0 spiro atoms. The van der Waals surface area contributed by atoms with Crippen LogP contribution in [-0.4, -0.2) is 55.4 Å². The Labute approximate surface area is 83.3 Å².